The van der Waals surface area contributed by atoms with Crippen molar-refractivity contribution >= 4 is 0 Å². The second-order valence-electron chi connectivity index (χ2n) is 6.88. The van der Waals surface area contributed by atoms with E-state index in [1.807, 2.05) is 7.11 Å². The standard InChI is InChI=1S/C15H32N2O/c1-7-16-13(15(4,5)18-6)12-17-10-8-14(2,3)9-11-17/h13,16H,7-12H2,1-6H3. The molecule has 18 heavy (non-hydrogen) atoms. The lowest BCUT2D eigenvalue weighted by molar-refractivity contribution is -0.0238. The smallest absolute Gasteiger partial charge is 0.0787 e. The van der Waals surface area contributed by atoms with Crippen molar-refractivity contribution in [2.45, 2.75) is 59.1 Å². The fraction of sp³-hybridized carbons (Fsp3) is 1.00. The largest absolute Gasteiger partial charge is 0.377 e. The molecule has 0 saturated carbocycles. The summed E-state index contributed by atoms with van der Waals surface area (Å²) in [5.74, 6) is 0. The summed E-state index contributed by atoms with van der Waals surface area (Å²) in [6.07, 6.45) is 2.61. The van der Waals surface area contributed by atoms with E-state index >= 15 is 0 Å². The molecule has 1 fully saturated rings. The number of rotatable bonds is 6. The molecule has 3 nitrogen and oxygen atoms in total. The molecule has 108 valence electrons. The Bertz CT molecular complexity index is 241. The lowest BCUT2D eigenvalue weighted by atomic mass is 9.82. The number of nitrogens with one attached hydrogen (secondary N) is 1. The maximum Gasteiger partial charge on any atom is 0.0787 e. The highest BCUT2D eigenvalue weighted by atomic mass is 16.5. The maximum atomic E-state index is 5.65. The Kier molecular flexibility index (Phi) is 5.63. The van der Waals surface area contributed by atoms with Crippen LogP contribution in [0.2, 0.25) is 0 Å². The summed E-state index contributed by atoms with van der Waals surface area (Å²) in [4.78, 5) is 2.58. The Morgan fingerprint density at radius 2 is 1.83 bits per heavy atom. The molecule has 1 aliphatic heterocycles. The third kappa shape index (κ3) is 4.52. The summed E-state index contributed by atoms with van der Waals surface area (Å²) < 4.78 is 5.65. The zero-order valence-corrected chi connectivity index (χ0v) is 13.2. The highest BCUT2D eigenvalue weighted by Crippen LogP contribution is 2.30. The first-order chi connectivity index (χ1) is 8.30. The van der Waals surface area contributed by atoms with E-state index in [1.54, 1.807) is 0 Å². The predicted octanol–water partition coefficient (Wildman–Crippen LogP) is 2.51. The summed E-state index contributed by atoms with van der Waals surface area (Å²) in [5.41, 5.74) is 0.421. The minimum atomic E-state index is -0.108. The number of ether oxygens (including phenoxy) is 1. The van der Waals surface area contributed by atoms with E-state index in [1.165, 1.54) is 25.9 Å². The van der Waals surface area contributed by atoms with Gasteiger partial charge in [0.2, 0.25) is 0 Å². The van der Waals surface area contributed by atoms with Gasteiger partial charge in [-0.05, 0) is 51.7 Å². The van der Waals surface area contributed by atoms with Crippen molar-refractivity contribution in [2.24, 2.45) is 5.41 Å². The third-order valence-electron chi connectivity index (χ3n) is 4.47. The molecule has 1 aliphatic rings. The van der Waals surface area contributed by atoms with Gasteiger partial charge in [-0.3, -0.25) is 0 Å². The van der Waals surface area contributed by atoms with E-state index < -0.39 is 0 Å². The first-order valence-electron chi connectivity index (χ1n) is 7.31. The molecule has 1 heterocycles. The molecule has 1 N–H and O–H groups in total. The number of hydrogen-bond acceptors (Lipinski definition) is 3. The van der Waals surface area contributed by atoms with Crippen LogP contribution >= 0.6 is 0 Å². The molecule has 1 saturated heterocycles. The number of methoxy groups -OCH3 is 1. The van der Waals surface area contributed by atoms with E-state index in [2.05, 4.69) is 44.8 Å². The Hall–Kier alpha value is -0.120. The average Bonchev–Trinajstić information content (AvgIpc) is 2.31. The SMILES string of the molecule is CCNC(CN1CCC(C)(C)CC1)C(C)(C)OC. The molecule has 0 amide bonds. The second kappa shape index (κ2) is 6.36. The molecule has 0 spiro atoms. The average molecular weight is 256 g/mol. The van der Waals surface area contributed by atoms with Crippen LogP contribution in [0.25, 0.3) is 0 Å². The third-order valence-corrected chi connectivity index (χ3v) is 4.47. The topological polar surface area (TPSA) is 24.5 Å². The van der Waals surface area contributed by atoms with Gasteiger partial charge in [-0.15, -0.1) is 0 Å². The zero-order chi connectivity index (χ0) is 13.8. The van der Waals surface area contributed by atoms with E-state index in [0.29, 0.717) is 11.5 Å². The van der Waals surface area contributed by atoms with Crippen molar-refractivity contribution in [3.8, 4) is 0 Å². The number of likely N-dealkylation sites (N-methyl/N-ethyl adjacent to an activating group) is 1. The number of piperidine rings is 1. The lowest BCUT2D eigenvalue weighted by Gasteiger charge is -2.41. The van der Waals surface area contributed by atoms with Gasteiger partial charge in [-0.2, -0.15) is 0 Å². The normalized spacial score (nSPS) is 23.0. The van der Waals surface area contributed by atoms with Crippen LogP contribution in [-0.2, 0) is 4.74 Å². The van der Waals surface area contributed by atoms with E-state index in [-0.39, 0.29) is 5.60 Å². The Balaban J connectivity index is 2.52. The number of hydrogen-bond donors (Lipinski definition) is 1. The van der Waals surface area contributed by atoms with E-state index in [4.69, 9.17) is 4.74 Å². The summed E-state index contributed by atoms with van der Waals surface area (Å²) in [7, 11) is 1.81. The molecule has 1 atom stereocenters. The van der Waals surface area contributed by atoms with Gasteiger partial charge >= 0.3 is 0 Å². The summed E-state index contributed by atoms with van der Waals surface area (Å²) >= 11 is 0. The van der Waals surface area contributed by atoms with Crippen LogP contribution in [0.3, 0.4) is 0 Å². The molecular formula is C15H32N2O. The lowest BCUT2D eigenvalue weighted by Crippen LogP contribution is -2.55. The van der Waals surface area contributed by atoms with Crippen LogP contribution in [0, 0.1) is 5.41 Å². The van der Waals surface area contributed by atoms with Gasteiger partial charge in [-0.1, -0.05) is 20.8 Å². The molecular weight excluding hydrogens is 224 g/mol. The van der Waals surface area contributed by atoms with Gasteiger partial charge in [0, 0.05) is 19.7 Å². The number of nitrogens with zero attached hydrogens (tertiary/aromatic N) is 1. The monoisotopic (exact) mass is 256 g/mol. The highest BCUT2D eigenvalue weighted by molar-refractivity contribution is 4.89. The van der Waals surface area contributed by atoms with Crippen LogP contribution in [0.15, 0.2) is 0 Å². The van der Waals surface area contributed by atoms with Crippen LogP contribution in [0.5, 0.6) is 0 Å². The summed E-state index contributed by atoms with van der Waals surface area (Å²) in [6, 6.07) is 0.397. The molecule has 3 heteroatoms. The van der Waals surface area contributed by atoms with Crippen LogP contribution in [-0.4, -0.2) is 49.8 Å². The summed E-state index contributed by atoms with van der Waals surface area (Å²) in [5, 5.41) is 3.58. The first kappa shape index (κ1) is 15.9. The minimum absolute atomic E-state index is 0.108. The fourth-order valence-corrected chi connectivity index (χ4v) is 2.52. The Morgan fingerprint density at radius 3 is 2.28 bits per heavy atom. The molecule has 0 aromatic heterocycles. The van der Waals surface area contributed by atoms with Crippen molar-refractivity contribution < 1.29 is 4.74 Å². The predicted molar refractivity (Wildman–Crippen MR) is 78.0 cm³/mol. The molecule has 0 aromatic carbocycles. The Morgan fingerprint density at radius 1 is 1.28 bits per heavy atom. The summed E-state index contributed by atoms with van der Waals surface area (Å²) in [6.45, 7) is 15.8. The second-order valence-corrected chi connectivity index (χ2v) is 6.88. The van der Waals surface area contributed by atoms with Crippen molar-refractivity contribution in [3.05, 3.63) is 0 Å². The van der Waals surface area contributed by atoms with Crippen LogP contribution in [0.1, 0.15) is 47.5 Å². The van der Waals surface area contributed by atoms with Crippen molar-refractivity contribution in [3.63, 3.8) is 0 Å². The van der Waals surface area contributed by atoms with Gasteiger partial charge in [0.15, 0.2) is 0 Å². The maximum absolute atomic E-state index is 5.65. The molecule has 1 rings (SSSR count). The van der Waals surface area contributed by atoms with Gasteiger partial charge < -0.3 is 15.0 Å². The zero-order valence-electron chi connectivity index (χ0n) is 13.2. The first-order valence-corrected chi connectivity index (χ1v) is 7.31. The van der Waals surface area contributed by atoms with Gasteiger partial charge in [0.1, 0.15) is 0 Å². The fourth-order valence-electron chi connectivity index (χ4n) is 2.52. The van der Waals surface area contributed by atoms with Gasteiger partial charge in [0.05, 0.1) is 5.60 Å². The van der Waals surface area contributed by atoms with Crippen molar-refractivity contribution in [2.75, 3.05) is 33.3 Å². The van der Waals surface area contributed by atoms with E-state index in [0.717, 1.165) is 13.1 Å². The molecule has 0 aromatic rings. The Labute approximate surface area is 113 Å². The van der Waals surface area contributed by atoms with E-state index in [9.17, 15) is 0 Å². The van der Waals surface area contributed by atoms with Crippen LogP contribution < -0.4 is 5.32 Å². The molecule has 0 bridgehead atoms. The van der Waals surface area contributed by atoms with Gasteiger partial charge in [-0.25, -0.2) is 0 Å². The quantitative estimate of drug-likeness (QED) is 0.790. The van der Waals surface area contributed by atoms with Crippen molar-refractivity contribution in [1.29, 1.82) is 0 Å². The molecule has 1 unspecified atom stereocenters. The molecule has 0 radical (unpaired) electrons. The minimum Gasteiger partial charge on any atom is -0.377 e. The molecule has 0 aliphatic carbocycles. The highest BCUT2D eigenvalue weighted by Gasteiger charge is 2.32. The van der Waals surface area contributed by atoms with Gasteiger partial charge in [0.25, 0.3) is 0 Å². The number of likely N-dealkylation sites (tertiary alicyclic amines) is 1. The van der Waals surface area contributed by atoms with Crippen molar-refractivity contribution in [1.82, 2.24) is 10.2 Å². The van der Waals surface area contributed by atoms with Crippen LogP contribution in [0.4, 0.5) is 0 Å².